The molecular formula is C9H15O9P. The summed E-state index contributed by atoms with van der Waals surface area (Å²) in [5, 5.41) is 0. The molecule has 0 saturated carbocycles. The average molecular weight is 298 g/mol. The lowest BCUT2D eigenvalue weighted by molar-refractivity contribution is -0.149. The third-order valence-corrected chi connectivity index (χ3v) is 2.93. The third kappa shape index (κ3) is 7.55. The second-order valence-electron chi connectivity index (χ2n) is 2.96. The van der Waals surface area contributed by atoms with Crippen LogP contribution in [-0.4, -0.2) is 37.8 Å². The van der Waals surface area contributed by atoms with Gasteiger partial charge >= 0.3 is 25.2 Å². The molecule has 0 amide bonds. The number of hydrogen-bond donors (Lipinski definition) is 0. The number of carbonyl (C=O) groups is 3. The number of hydrogen-bond acceptors (Lipinski definition) is 9. The van der Waals surface area contributed by atoms with Gasteiger partial charge in [0.2, 0.25) is 13.6 Å². The van der Waals surface area contributed by atoms with Gasteiger partial charge in [0.25, 0.3) is 0 Å². The van der Waals surface area contributed by atoms with E-state index in [4.69, 9.17) is 0 Å². The number of rotatable bonds is 8. The maximum absolute atomic E-state index is 12.0. The van der Waals surface area contributed by atoms with Crippen molar-refractivity contribution in [1.29, 1.82) is 0 Å². The van der Waals surface area contributed by atoms with Crippen molar-refractivity contribution in [3.63, 3.8) is 0 Å². The van der Waals surface area contributed by atoms with E-state index >= 15 is 0 Å². The van der Waals surface area contributed by atoms with E-state index < -0.39 is 38.8 Å². The number of carbonyl (C=O) groups excluding carboxylic acids is 3. The van der Waals surface area contributed by atoms with Gasteiger partial charge in [-0.2, -0.15) is 0 Å². The highest BCUT2D eigenvalue weighted by Gasteiger charge is 2.38. The molecule has 19 heavy (non-hydrogen) atoms. The maximum Gasteiger partial charge on any atom is 0.444 e. The smallest absolute Gasteiger partial charge is 0.444 e. The zero-order valence-corrected chi connectivity index (χ0v) is 11.6. The molecule has 110 valence electrons. The fourth-order valence-electron chi connectivity index (χ4n) is 0.703. The largest absolute Gasteiger partial charge is 0.457 e. The van der Waals surface area contributed by atoms with Crippen molar-refractivity contribution in [3.05, 3.63) is 0 Å². The van der Waals surface area contributed by atoms with Gasteiger partial charge in [0.1, 0.15) is 0 Å². The fourth-order valence-corrected chi connectivity index (χ4v) is 1.66. The summed E-state index contributed by atoms with van der Waals surface area (Å²) in [5.41, 5.74) is -1.27. The van der Waals surface area contributed by atoms with Gasteiger partial charge in [0, 0.05) is 13.8 Å². The summed E-state index contributed by atoms with van der Waals surface area (Å²) < 4.78 is 34.3. The van der Waals surface area contributed by atoms with Crippen LogP contribution in [0.15, 0.2) is 0 Å². The molecule has 9 nitrogen and oxygen atoms in total. The summed E-state index contributed by atoms with van der Waals surface area (Å²) in [7, 11) is -4.35. The quantitative estimate of drug-likeness (QED) is 0.284. The standard InChI is InChI=1S/C9H15O9P/c1-4-14-9(12)19(13,17-5-15-7(2)10)18-6-16-8(3)11/h4-6H2,1-3H3. The van der Waals surface area contributed by atoms with Crippen LogP contribution in [0.25, 0.3) is 0 Å². The molecule has 0 aromatic heterocycles. The summed E-state index contributed by atoms with van der Waals surface area (Å²) in [4.78, 5) is 32.4. The maximum atomic E-state index is 12.0. The van der Waals surface area contributed by atoms with Gasteiger partial charge in [0.15, 0.2) is 0 Å². The molecule has 0 aromatic carbocycles. The van der Waals surface area contributed by atoms with E-state index in [1.165, 1.54) is 6.92 Å². The van der Waals surface area contributed by atoms with E-state index in [9.17, 15) is 18.9 Å². The predicted molar refractivity (Wildman–Crippen MR) is 60.1 cm³/mol. The van der Waals surface area contributed by atoms with E-state index in [1.54, 1.807) is 0 Å². The highest BCUT2D eigenvalue weighted by molar-refractivity contribution is 7.71. The van der Waals surface area contributed by atoms with Crippen LogP contribution < -0.4 is 0 Å². The van der Waals surface area contributed by atoms with Crippen LogP contribution in [0.4, 0.5) is 4.79 Å². The van der Waals surface area contributed by atoms with E-state index in [0.717, 1.165) is 13.8 Å². The molecule has 0 fully saturated rings. The first-order valence-electron chi connectivity index (χ1n) is 5.15. The molecule has 0 spiro atoms. The lowest BCUT2D eigenvalue weighted by atomic mass is 10.8. The second-order valence-corrected chi connectivity index (χ2v) is 4.84. The van der Waals surface area contributed by atoms with Crippen molar-refractivity contribution in [2.45, 2.75) is 20.8 Å². The van der Waals surface area contributed by atoms with Crippen molar-refractivity contribution in [3.8, 4) is 0 Å². The molecule has 0 rings (SSSR count). The molecule has 0 unspecified atom stereocenters. The molecule has 0 heterocycles. The molecule has 0 aliphatic heterocycles. The number of ether oxygens (including phenoxy) is 3. The predicted octanol–water partition coefficient (Wildman–Crippen LogP) is 1.41. The Morgan fingerprint density at radius 1 is 0.895 bits per heavy atom. The minimum absolute atomic E-state index is 0.0589. The van der Waals surface area contributed by atoms with E-state index in [0.29, 0.717) is 0 Å². The van der Waals surface area contributed by atoms with Gasteiger partial charge < -0.3 is 14.2 Å². The third-order valence-electron chi connectivity index (χ3n) is 1.46. The Kier molecular flexibility index (Phi) is 7.97. The molecule has 0 atom stereocenters. The summed E-state index contributed by atoms with van der Waals surface area (Å²) >= 11 is 0. The van der Waals surface area contributed by atoms with Crippen LogP contribution in [0.1, 0.15) is 20.8 Å². The molecule has 10 heteroatoms. The summed E-state index contributed by atoms with van der Waals surface area (Å²) in [5.74, 6) is -1.40. The van der Waals surface area contributed by atoms with Crippen molar-refractivity contribution in [1.82, 2.24) is 0 Å². The second kappa shape index (κ2) is 8.63. The zero-order chi connectivity index (χ0) is 14.9. The highest BCUT2D eigenvalue weighted by Crippen LogP contribution is 2.50. The van der Waals surface area contributed by atoms with Crippen LogP contribution in [0.5, 0.6) is 0 Å². The Hall–Kier alpha value is -1.44. The molecule has 0 saturated heterocycles. The van der Waals surface area contributed by atoms with Gasteiger partial charge in [0.05, 0.1) is 6.61 Å². The zero-order valence-electron chi connectivity index (χ0n) is 10.7. The van der Waals surface area contributed by atoms with Crippen molar-refractivity contribution in [2.75, 3.05) is 20.2 Å². The molecule has 0 aromatic rings. The van der Waals surface area contributed by atoms with Gasteiger partial charge in [-0.05, 0) is 6.92 Å². The monoisotopic (exact) mass is 298 g/mol. The first kappa shape index (κ1) is 17.6. The molecule has 0 bridgehead atoms. The van der Waals surface area contributed by atoms with Crippen LogP contribution in [0.3, 0.4) is 0 Å². The van der Waals surface area contributed by atoms with Crippen molar-refractivity contribution >= 4 is 25.2 Å². The summed E-state index contributed by atoms with van der Waals surface area (Å²) in [6.07, 6.45) is 0. The van der Waals surface area contributed by atoms with E-state index in [-0.39, 0.29) is 6.61 Å². The minimum atomic E-state index is -4.35. The normalized spacial score (nSPS) is 10.7. The van der Waals surface area contributed by atoms with E-state index in [1.807, 2.05) is 0 Å². The summed E-state index contributed by atoms with van der Waals surface area (Å²) in [6, 6.07) is 0. The van der Waals surface area contributed by atoms with Crippen LogP contribution in [-0.2, 0) is 37.4 Å². The van der Waals surface area contributed by atoms with Gasteiger partial charge in [-0.1, -0.05) is 0 Å². The Morgan fingerprint density at radius 3 is 1.63 bits per heavy atom. The first-order chi connectivity index (χ1) is 8.81. The topological polar surface area (TPSA) is 114 Å². The molecule has 0 aliphatic rings. The van der Waals surface area contributed by atoms with Crippen molar-refractivity contribution < 1.29 is 42.2 Å². The minimum Gasteiger partial charge on any atom is -0.457 e. The lowest BCUT2D eigenvalue weighted by Gasteiger charge is -2.15. The molecule has 0 aliphatic carbocycles. The van der Waals surface area contributed by atoms with Crippen LogP contribution >= 0.6 is 7.60 Å². The van der Waals surface area contributed by atoms with Gasteiger partial charge in [-0.25, -0.2) is 9.36 Å². The Bertz CT molecular complexity index is 354. The first-order valence-corrected chi connectivity index (χ1v) is 6.69. The van der Waals surface area contributed by atoms with Crippen LogP contribution in [0, 0.1) is 0 Å². The van der Waals surface area contributed by atoms with E-state index in [2.05, 4.69) is 23.3 Å². The lowest BCUT2D eigenvalue weighted by Crippen LogP contribution is -2.14. The highest BCUT2D eigenvalue weighted by atomic mass is 31.2. The molecule has 0 N–H and O–H groups in total. The summed E-state index contributed by atoms with van der Waals surface area (Å²) in [6.45, 7) is 2.10. The Morgan fingerprint density at radius 2 is 1.32 bits per heavy atom. The van der Waals surface area contributed by atoms with Crippen LogP contribution in [0.2, 0.25) is 0 Å². The fraction of sp³-hybridized carbons (Fsp3) is 0.667. The van der Waals surface area contributed by atoms with Crippen molar-refractivity contribution in [2.24, 2.45) is 0 Å². The SMILES string of the molecule is CCOC(=O)P(=O)(OCOC(C)=O)OCOC(C)=O. The molecular weight excluding hydrogens is 283 g/mol. The Balaban J connectivity index is 4.52. The number of esters is 2. The van der Waals surface area contributed by atoms with Gasteiger partial charge in [-0.3, -0.25) is 18.6 Å². The average Bonchev–Trinajstić information content (AvgIpc) is 2.28. The van der Waals surface area contributed by atoms with Gasteiger partial charge in [-0.15, -0.1) is 0 Å². The Labute approximate surface area is 109 Å². The molecule has 0 radical (unpaired) electrons.